The van der Waals surface area contributed by atoms with E-state index in [0.717, 1.165) is 16.4 Å². The molecule has 0 aromatic heterocycles. The Morgan fingerprint density at radius 2 is 1.94 bits per heavy atom. The third-order valence-corrected chi connectivity index (χ3v) is 4.44. The number of cyclic esters (lactones) is 1. The van der Waals surface area contributed by atoms with Gasteiger partial charge in [-0.1, -0.05) is 66.8 Å². The molecule has 1 aliphatic heterocycles. The topological polar surface area (TPSA) is 26.3 Å². The first-order valence-corrected chi connectivity index (χ1v) is 7.33. The van der Waals surface area contributed by atoms with Crippen LogP contribution < -0.4 is 0 Å². The van der Waals surface area contributed by atoms with Crippen LogP contribution in [0.4, 0.5) is 0 Å². The average Bonchev–Trinajstić information content (AvgIpc) is 2.27. The molecule has 2 rings (SSSR count). The minimum absolute atomic E-state index is 0.0103. The minimum atomic E-state index is -0.444. The molecule has 0 unspecified atom stereocenters. The predicted molar refractivity (Wildman–Crippen MR) is 76.1 cm³/mol. The molecule has 1 aromatic rings. The van der Waals surface area contributed by atoms with E-state index in [0.29, 0.717) is 6.42 Å². The summed E-state index contributed by atoms with van der Waals surface area (Å²) in [4.78, 5) is 11.8. The Morgan fingerprint density at radius 1 is 1.29 bits per heavy atom. The zero-order chi connectivity index (χ0) is 12.5. The highest BCUT2D eigenvalue weighted by Crippen LogP contribution is 2.45. The van der Waals surface area contributed by atoms with Crippen molar-refractivity contribution in [3.8, 4) is 0 Å². The Labute approximate surface area is 116 Å². The summed E-state index contributed by atoms with van der Waals surface area (Å²) >= 11 is 2.31. The minimum Gasteiger partial charge on any atom is -0.453 e. The first-order valence-electron chi connectivity index (χ1n) is 5.81. The molecule has 92 valence electrons. The van der Waals surface area contributed by atoms with Crippen LogP contribution in [0.25, 0.3) is 0 Å². The van der Waals surface area contributed by atoms with E-state index in [1.165, 1.54) is 0 Å². The molecule has 1 fully saturated rings. The molecule has 1 atom stereocenters. The van der Waals surface area contributed by atoms with Crippen molar-refractivity contribution >= 4 is 28.6 Å². The fraction of sp³-hybridized carbons (Fsp3) is 0.500. The maximum atomic E-state index is 11.8. The van der Waals surface area contributed by atoms with Gasteiger partial charge in [0.05, 0.1) is 6.42 Å². The molecule has 1 saturated heterocycles. The van der Waals surface area contributed by atoms with Gasteiger partial charge in [-0.25, -0.2) is 0 Å². The number of alkyl halides is 1. The van der Waals surface area contributed by atoms with Crippen LogP contribution in [0.1, 0.15) is 32.3 Å². The average molecular weight is 344 g/mol. The van der Waals surface area contributed by atoms with Crippen LogP contribution in [0.15, 0.2) is 30.3 Å². The first kappa shape index (κ1) is 12.9. The largest absolute Gasteiger partial charge is 0.453 e. The lowest BCUT2D eigenvalue weighted by Gasteiger charge is -2.43. The Balaban J connectivity index is 2.41. The van der Waals surface area contributed by atoms with Crippen molar-refractivity contribution in [2.24, 2.45) is 5.41 Å². The van der Waals surface area contributed by atoms with Gasteiger partial charge >= 0.3 is 5.97 Å². The summed E-state index contributed by atoms with van der Waals surface area (Å²) < 4.78 is 6.49. The highest BCUT2D eigenvalue weighted by Gasteiger charge is 2.45. The molecule has 0 bridgehead atoms. The summed E-state index contributed by atoms with van der Waals surface area (Å²) in [6, 6.07) is 10.1. The van der Waals surface area contributed by atoms with Gasteiger partial charge in [0.25, 0.3) is 0 Å². The van der Waals surface area contributed by atoms with Gasteiger partial charge in [-0.2, -0.15) is 0 Å². The summed E-state index contributed by atoms with van der Waals surface area (Å²) in [5, 5.41) is 0. The number of hydrogen-bond acceptors (Lipinski definition) is 2. The smallest absolute Gasteiger partial charge is 0.307 e. The van der Waals surface area contributed by atoms with Crippen molar-refractivity contribution in [1.29, 1.82) is 0 Å². The van der Waals surface area contributed by atoms with Gasteiger partial charge in [-0.15, -0.1) is 0 Å². The van der Waals surface area contributed by atoms with E-state index in [9.17, 15) is 4.79 Å². The molecule has 1 heterocycles. The molecule has 0 amide bonds. The lowest BCUT2D eigenvalue weighted by Crippen LogP contribution is -2.44. The molecule has 2 nitrogen and oxygen atoms in total. The molecular formula is C14H17IO2. The van der Waals surface area contributed by atoms with Gasteiger partial charge in [0.1, 0.15) is 5.60 Å². The normalized spacial score (nSPS) is 27.6. The van der Waals surface area contributed by atoms with E-state index in [2.05, 4.69) is 36.4 Å². The number of benzene rings is 1. The molecular weight excluding hydrogens is 327 g/mol. The third-order valence-electron chi connectivity index (χ3n) is 3.21. The zero-order valence-corrected chi connectivity index (χ0v) is 12.4. The monoisotopic (exact) mass is 344 g/mol. The second-order valence-electron chi connectivity index (χ2n) is 5.49. The second-order valence-corrected chi connectivity index (χ2v) is 6.25. The van der Waals surface area contributed by atoms with Crippen molar-refractivity contribution in [3.05, 3.63) is 35.9 Å². The maximum absolute atomic E-state index is 11.8. The first-order chi connectivity index (χ1) is 7.97. The van der Waals surface area contributed by atoms with Crippen molar-refractivity contribution in [2.45, 2.75) is 32.3 Å². The Kier molecular flexibility index (Phi) is 3.48. The molecule has 0 radical (unpaired) electrons. The van der Waals surface area contributed by atoms with Gasteiger partial charge in [-0.3, -0.25) is 4.79 Å². The van der Waals surface area contributed by atoms with Gasteiger partial charge in [0, 0.05) is 4.43 Å². The van der Waals surface area contributed by atoms with E-state index >= 15 is 0 Å². The van der Waals surface area contributed by atoms with E-state index in [4.69, 9.17) is 4.74 Å². The molecule has 0 N–H and O–H groups in total. The van der Waals surface area contributed by atoms with Crippen molar-refractivity contribution in [3.63, 3.8) is 0 Å². The fourth-order valence-corrected chi connectivity index (χ4v) is 3.44. The van der Waals surface area contributed by atoms with Crippen LogP contribution in [0.3, 0.4) is 0 Å². The van der Waals surface area contributed by atoms with Crippen LogP contribution in [0.5, 0.6) is 0 Å². The van der Waals surface area contributed by atoms with Crippen LogP contribution in [0.2, 0.25) is 0 Å². The molecule has 0 aliphatic carbocycles. The molecule has 0 saturated carbocycles. The third kappa shape index (κ3) is 2.64. The number of halogens is 1. The molecule has 1 aromatic carbocycles. The lowest BCUT2D eigenvalue weighted by molar-refractivity contribution is -0.175. The molecule has 1 aliphatic rings. The number of esters is 1. The van der Waals surface area contributed by atoms with E-state index in [-0.39, 0.29) is 11.4 Å². The van der Waals surface area contributed by atoms with Crippen LogP contribution >= 0.6 is 22.6 Å². The van der Waals surface area contributed by atoms with Gasteiger partial charge in [-0.05, 0) is 17.4 Å². The number of rotatable bonds is 2. The number of carbonyl (C=O) groups is 1. The number of carbonyl (C=O) groups excluding carboxylic acids is 1. The fourth-order valence-electron chi connectivity index (χ4n) is 2.57. The second kappa shape index (κ2) is 4.59. The Morgan fingerprint density at radius 3 is 2.47 bits per heavy atom. The zero-order valence-electron chi connectivity index (χ0n) is 10.2. The Bertz CT molecular complexity index is 413. The van der Waals surface area contributed by atoms with Crippen molar-refractivity contribution in [2.75, 3.05) is 4.43 Å². The molecule has 0 spiro atoms. The molecule has 17 heavy (non-hydrogen) atoms. The van der Waals surface area contributed by atoms with Gasteiger partial charge < -0.3 is 4.74 Å². The Hall–Kier alpha value is -0.580. The maximum Gasteiger partial charge on any atom is 0.307 e. The van der Waals surface area contributed by atoms with Gasteiger partial charge in [0.15, 0.2) is 0 Å². The van der Waals surface area contributed by atoms with E-state index in [1.807, 2.05) is 30.3 Å². The standard InChI is InChI=1S/C14H17IO2/c1-13(2)8-12(16)17-14(9-13,10-15)11-6-4-3-5-7-11/h3-7H,8-10H2,1-2H3/t14-/m1/s1. The predicted octanol–water partition coefficient (Wildman–Crippen LogP) is 3.68. The SMILES string of the molecule is CC1(C)CC(=O)O[C@](CI)(c2ccccc2)C1. The van der Waals surface area contributed by atoms with E-state index in [1.54, 1.807) is 0 Å². The summed E-state index contributed by atoms with van der Waals surface area (Å²) in [5.41, 5.74) is 0.673. The lowest BCUT2D eigenvalue weighted by atomic mass is 9.74. The van der Waals surface area contributed by atoms with Crippen LogP contribution in [-0.2, 0) is 15.1 Å². The number of ether oxygens (including phenoxy) is 1. The molecule has 3 heteroatoms. The quantitative estimate of drug-likeness (QED) is 0.465. The summed E-state index contributed by atoms with van der Waals surface area (Å²) in [6.07, 6.45) is 1.40. The summed E-state index contributed by atoms with van der Waals surface area (Å²) in [5.74, 6) is -0.0817. The van der Waals surface area contributed by atoms with E-state index < -0.39 is 5.60 Å². The summed E-state index contributed by atoms with van der Waals surface area (Å²) in [6.45, 7) is 4.27. The van der Waals surface area contributed by atoms with Gasteiger partial charge in [0.2, 0.25) is 0 Å². The highest BCUT2D eigenvalue weighted by molar-refractivity contribution is 14.1. The van der Waals surface area contributed by atoms with Crippen LogP contribution in [0, 0.1) is 5.41 Å². The van der Waals surface area contributed by atoms with Crippen molar-refractivity contribution < 1.29 is 9.53 Å². The van der Waals surface area contributed by atoms with Crippen molar-refractivity contribution in [1.82, 2.24) is 0 Å². The number of hydrogen-bond donors (Lipinski definition) is 0. The van der Waals surface area contributed by atoms with Crippen LogP contribution in [-0.4, -0.2) is 10.4 Å². The highest BCUT2D eigenvalue weighted by atomic mass is 127. The summed E-state index contributed by atoms with van der Waals surface area (Å²) in [7, 11) is 0.